The first-order chi connectivity index (χ1) is 61.6. The Balaban J connectivity index is 0.000000174. The maximum atomic E-state index is 14.2. The van der Waals surface area contributed by atoms with Gasteiger partial charge in [-0.1, -0.05) is 85.8 Å². The number of carbonyl (C=O) groups excluding carboxylic acids is 6. The number of ether oxygens (including phenoxy) is 8. The number of benzene rings is 8. The summed E-state index contributed by atoms with van der Waals surface area (Å²) in [6.07, 6.45) is 2.00. The number of hydrogen-bond donors (Lipinski definition) is 2. The van der Waals surface area contributed by atoms with Gasteiger partial charge in [0.25, 0.3) is 35.4 Å². The Bertz CT molecular complexity index is 5650. The summed E-state index contributed by atoms with van der Waals surface area (Å²) in [4.78, 5) is 98.6. The van der Waals surface area contributed by atoms with E-state index in [1.165, 1.54) is 94.2 Å². The highest BCUT2D eigenvalue weighted by molar-refractivity contribution is 7.91. The van der Waals surface area contributed by atoms with Crippen molar-refractivity contribution in [1.29, 1.82) is 0 Å². The van der Waals surface area contributed by atoms with E-state index in [0.29, 0.717) is 131 Å². The molecule has 2 fully saturated rings. The largest absolute Gasteiger partial charge is 0.493 e. The number of nitrogens with zero attached hydrogens (tertiary/aromatic N) is 9. The van der Waals surface area contributed by atoms with Crippen LogP contribution < -0.4 is 47.7 Å². The van der Waals surface area contributed by atoms with E-state index in [1.807, 2.05) is 67.5 Å². The lowest BCUT2D eigenvalue weighted by molar-refractivity contribution is 0.0541. The Morgan fingerprint density at radius 1 is 0.461 bits per heavy atom. The Morgan fingerprint density at radius 2 is 0.906 bits per heavy atom. The van der Waals surface area contributed by atoms with Gasteiger partial charge >= 0.3 is 10.3 Å². The smallest absolute Gasteiger partial charge is 0.335 e. The summed E-state index contributed by atoms with van der Waals surface area (Å²) >= 11 is 1.13. The molecule has 0 bridgehead atoms. The number of anilines is 2. The number of hydrogen-bond acceptors (Lipinski definition) is 24. The maximum absolute atomic E-state index is 14.2. The van der Waals surface area contributed by atoms with Gasteiger partial charge in [-0.2, -0.15) is 12.7 Å². The van der Waals surface area contributed by atoms with E-state index in [4.69, 9.17) is 37.9 Å². The van der Waals surface area contributed by atoms with Crippen molar-refractivity contribution in [2.24, 2.45) is 0 Å². The lowest BCUT2D eigenvalue weighted by atomic mass is 9.99. The first kappa shape index (κ1) is 95.7. The number of rotatable bonds is 38. The highest BCUT2D eigenvalue weighted by Crippen LogP contribution is 2.46. The van der Waals surface area contributed by atoms with Crippen LogP contribution in [0.4, 0.5) is 20.2 Å². The Hall–Kier alpha value is -11.4. The lowest BCUT2D eigenvalue weighted by Gasteiger charge is -2.39. The fourth-order valence-corrected chi connectivity index (χ4v) is 19.1. The molecule has 4 atom stereocenters. The molecule has 0 saturated carbocycles. The second-order valence-corrected chi connectivity index (χ2v) is 35.9. The van der Waals surface area contributed by atoms with Crippen LogP contribution in [-0.2, 0) is 31.7 Å². The molecule has 9 aromatic rings. The number of imide groups is 3. The molecule has 682 valence electrons. The summed E-state index contributed by atoms with van der Waals surface area (Å²) in [6, 6.07) is 47.1. The van der Waals surface area contributed by atoms with E-state index in [2.05, 4.69) is 50.3 Å². The summed E-state index contributed by atoms with van der Waals surface area (Å²) in [5.41, 5.74) is 6.67. The van der Waals surface area contributed by atoms with Crippen molar-refractivity contribution in [3.8, 4) is 40.2 Å². The van der Waals surface area contributed by atoms with Crippen LogP contribution in [0.25, 0.3) is 0 Å². The minimum Gasteiger partial charge on any atom is -0.493 e. The summed E-state index contributed by atoms with van der Waals surface area (Å²) in [7, 11) is 6.23. The average molecular weight is 1820 g/mol. The molecule has 5 aliphatic heterocycles. The number of halogens is 2. The number of fused-ring (bicyclic) bond motifs is 3. The van der Waals surface area contributed by atoms with E-state index in [-0.39, 0.29) is 77.9 Å². The number of carbonyl (C=O) groups is 6. The van der Waals surface area contributed by atoms with Gasteiger partial charge in [-0.05, 0) is 185 Å². The fourth-order valence-electron chi connectivity index (χ4n) is 16.6. The molecule has 14 rings (SSSR count). The Morgan fingerprint density at radius 3 is 1.36 bits per heavy atom. The van der Waals surface area contributed by atoms with Gasteiger partial charge in [-0.3, -0.25) is 52.9 Å². The third-order valence-electron chi connectivity index (χ3n) is 23.6. The van der Waals surface area contributed by atoms with E-state index in [1.54, 1.807) is 90.3 Å². The van der Waals surface area contributed by atoms with Gasteiger partial charge in [0.15, 0.2) is 34.5 Å². The van der Waals surface area contributed by atoms with Gasteiger partial charge < -0.3 is 57.5 Å². The number of amides is 6. The maximum Gasteiger partial charge on any atom is 0.335 e. The predicted octanol–water partition coefficient (Wildman–Crippen LogP) is 13.7. The molecule has 2 N–H and O–H groups in total. The van der Waals surface area contributed by atoms with Crippen molar-refractivity contribution in [3.05, 3.63) is 248 Å². The molecule has 5 aliphatic rings. The van der Waals surface area contributed by atoms with Gasteiger partial charge in [-0.15, -0.1) is 11.3 Å². The van der Waals surface area contributed by atoms with E-state index >= 15 is 0 Å². The van der Waals surface area contributed by atoms with Crippen LogP contribution in [0.15, 0.2) is 179 Å². The van der Waals surface area contributed by atoms with Crippen molar-refractivity contribution < 1.29 is 96.8 Å². The van der Waals surface area contributed by atoms with Crippen molar-refractivity contribution >= 4 is 78.5 Å². The standard InChI is InChI=1S/C33H37F2N3O5.C33H40N4O7S.C28H33N3O7S2/c1-4-36-15-17-37(18-16-36)28-11-5-8-23-31(28)33(40)38(32(23)39)27(22-13-14-29(41-2)30(20-22)42-3)12-7-19-43-21-24-25(34)9-6-10-26(24)35;1-23(24-10-6-5-7-11-24)35-18-20-36(21-19-35)28-13-8-12-26-31(28)33(39)37(32(26)38)27(14-9-17-34(2)45(40,41)42)25-15-16-29(43-3)30(22-25)44-4;1-30(2)15-16-38-23-10-5-8-20-26(23)28(33)31(27(20)32)21(19-12-13-22(36-3)24(18-19)37-4)9-6-14-29-40(34,35)25-11-7-17-39-25/h5-6,8-11,13-14,20,27H,4,7,12,15-19,21H2,1-3H3;5-8,10-13,15-16,22-23,27H,9,14,17-21H2,1-4H3,(H,40,41,42);5,7-8,10-13,17-18,21,29H,6,9,14-16H2,1-4H3/t27-;23-,27-;21-/m111/s1. The molecule has 0 unspecified atom stereocenters. The number of piperazine rings is 2. The molecule has 0 radical (unpaired) electrons. The molecular formula is C94H110F2N10O19S3. The lowest BCUT2D eigenvalue weighted by Crippen LogP contribution is -2.47. The van der Waals surface area contributed by atoms with Crippen molar-refractivity contribution in [1.82, 2.24) is 38.4 Å². The van der Waals surface area contributed by atoms with Crippen LogP contribution in [0.5, 0.6) is 40.2 Å². The number of sulfonamides is 1. The zero-order valence-corrected chi connectivity index (χ0v) is 76.2. The van der Waals surface area contributed by atoms with Crippen molar-refractivity contribution in [3.63, 3.8) is 0 Å². The Kier molecular flexibility index (Phi) is 32.6. The monoisotopic (exact) mass is 1820 g/mol. The topological polar surface area (TPSA) is 306 Å². The second kappa shape index (κ2) is 43.6. The Labute approximate surface area is 750 Å². The van der Waals surface area contributed by atoms with Crippen LogP contribution >= 0.6 is 11.3 Å². The summed E-state index contributed by atoms with van der Waals surface area (Å²) < 4.78 is 134. The number of nitrogens with one attached hydrogen (secondary N) is 1. The summed E-state index contributed by atoms with van der Waals surface area (Å²) in [5, 5.41) is 1.70. The van der Waals surface area contributed by atoms with E-state index in [9.17, 15) is 58.9 Å². The van der Waals surface area contributed by atoms with Gasteiger partial charge in [0.1, 0.15) is 28.2 Å². The second-order valence-electron chi connectivity index (χ2n) is 31.4. The van der Waals surface area contributed by atoms with Gasteiger partial charge in [-0.25, -0.2) is 21.9 Å². The van der Waals surface area contributed by atoms with Crippen molar-refractivity contribution in [2.75, 3.05) is 165 Å². The molecule has 2 saturated heterocycles. The SMILES string of the molecule is CCN1CCN(c2cccc3c2C(=O)N([C@H](CCCOCc2c(F)cccc2F)c2ccc(OC)c(OC)c2)C3=O)CC1.COc1ccc([C@@H](CCCN(C)S(=O)(=O)O)N2C(=O)c3cccc(N4CCN([C@H](C)c5ccccc5)CC4)c3C2=O)cc1OC.COc1ccc([C@@H](CCCNS(=O)(=O)c2cccs2)N2C(=O)c3cccc(OCCN(C)C)c3C2=O)cc1OC. The van der Waals surface area contributed by atoms with Crippen LogP contribution in [0.1, 0.15) is 167 Å². The van der Waals surface area contributed by atoms with Gasteiger partial charge in [0.2, 0.25) is 10.0 Å². The quantitative estimate of drug-likeness (QED) is 0.0206. The first-order valence-corrected chi connectivity index (χ1v) is 46.1. The fraction of sp³-hybridized carbons (Fsp3) is 0.383. The molecule has 6 heterocycles. The third kappa shape index (κ3) is 21.8. The van der Waals surface area contributed by atoms with Crippen LogP contribution in [0, 0.1) is 11.6 Å². The number of methoxy groups -OCH3 is 6. The zero-order chi connectivity index (χ0) is 91.7. The minimum atomic E-state index is -4.37. The molecule has 34 heteroatoms. The molecule has 0 aliphatic carbocycles. The van der Waals surface area contributed by atoms with Crippen LogP contribution in [0.2, 0.25) is 0 Å². The molecule has 0 spiro atoms. The number of thiophene rings is 1. The van der Waals surface area contributed by atoms with Gasteiger partial charge in [0, 0.05) is 97.3 Å². The summed E-state index contributed by atoms with van der Waals surface area (Å²) in [6.45, 7) is 12.7. The minimum absolute atomic E-state index is 0.00270. The molecule has 1 aromatic heterocycles. The normalized spacial score (nSPS) is 15.7. The highest BCUT2D eigenvalue weighted by atomic mass is 32.2. The van der Waals surface area contributed by atoms with E-state index < -0.39 is 73.7 Å². The predicted molar refractivity (Wildman–Crippen MR) is 482 cm³/mol. The third-order valence-corrected chi connectivity index (χ3v) is 27.5. The van der Waals surface area contributed by atoms with Gasteiger partial charge in [0.05, 0.1) is 112 Å². The molecule has 29 nitrogen and oxygen atoms in total. The van der Waals surface area contributed by atoms with Crippen LogP contribution in [0.3, 0.4) is 0 Å². The van der Waals surface area contributed by atoms with E-state index in [0.717, 1.165) is 72.8 Å². The average Bonchev–Trinajstić information content (AvgIpc) is 1.58. The van der Waals surface area contributed by atoms with Crippen molar-refractivity contribution in [2.45, 2.75) is 87.4 Å². The molecule has 128 heavy (non-hydrogen) atoms. The van der Waals surface area contributed by atoms with Crippen LogP contribution in [-0.4, -0.2) is 246 Å². The molecule has 8 aromatic carbocycles. The number of likely N-dealkylation sites (N-methyl/N-ethyl adjacent to an activating group) is 2. The first-order valence-electron chi connectivity index (χ1n) is 42.3. The molecular weight excluding hydrogens is 1710 g/mol. The summed E-state index contributed by atoms with van der Waals surface area (Å²) in [5.74, 6) is -0.477. The molecule has 6 amide bonds. The zero-order valence-electron chi connectivity index (χ0n) is 73.7. The highest BCUT2D eigenvalue weighted by Gasteiger charge is 2.47.